The van der Waals surface area contributed by atoms with Crippen molar-refractivity contribution in [2.45, 2.75) is 11.4 Å². The third kappa shape index (κ3) is 4.97. The fourth-order valence-corrected chi connectivity index (χ4v) is 2.89. The van der Waals surface area contributed by atoms with E-state index in [2.05, 4.69) is 4.72 Å². The number of nitrogens with two attached hydrogens (primary N) is 1. The van der Waals surface area contributed by atoms with Crippen LogP contribution in [0.1, 0.15) is 5.56 Å². The first-order valence-electron chi connectivity index (χ1n) is 7.04. The Balaban J connectivity index is 1.99. The van der Waals surface area contributed by atoms with Gasteiger partial charge >= 0.3 is 0 Å². The summed E-state index contributed by atoms with van der Waals surface area (Å²) in [5, 5.41) is 0. The lowest BCUT2D eigenvalue weighted by atomic mass is 10.2. The predicted octanol–water partition coefficient (Wildman–Crippen LogP) is 1.04. The zero-order chi connectivity index (χ0) is 17.6. The van der Waals surface area contributed by atoms with Crippen molar-refractivity contribution in [3.8, 4) is 11.5 Å². The summed E-state index contributed by atoms with van der Waals surface area (Å²) in [5.74, 6) is 0.462. The second kappa shape index (κ2) is 7.80. The molecule has 0 aromatic heterocycles. The number of methoxy groups -OCH3 is 1. The molecule has 0 bridgehead atoms. The zero-order valence-electron chi connectivity index (χ0n) is 13.1. The van der Waals surface area contributed by atoms with Crippen LogP contribution in [0.3, 0.4) is 0 Å². The Labute approximate surface area is 140 Å². The molecule has 0 unspecified atom stereocenters. The Hall–Kier alpha value is -2.58. The minimum Gasteiger partial charge on any atom is -0.497 e. The highest BCUT2D eigenvalue weighted by Gasteiger charge is 2.13. The van der Waals surface area contributed by atoms with Gasteiger partial charge in [0.15, 0.2) is 6.61 Å². The zero-order valence-corrected chi connectivity index (χ0v) is 13.9. The van der Waals surface area contributed by atoms with Crippen LogP contribution in [0.15, 0.2) is 53.4 Å². The molecule has 3 N–H and O–H groups in total. The summed E-state index contributed by atoms with van der Waals surface area (Å²) in [5.41, 5.74) is 5.78. The fraction of sp³-hybridized carbons (Fsp3) is 0.188. The standard InChI is InChI=1S/C16H18N2O5S/c1-22-13-4-2-12(3-5-13)10-18-24(20,21)15-8-6-14(7-9-15)23-11-16(17)19/h2-9,18H,10-11H2,1H3,(H2,17,19). The number of hydrogen-bond donors (Lipinski definition) is 2. The van der Waals surface area contributed by atoms with Gasteiger partial charge in [-0.3, -0.25) is 4.79 Å². The van der Waals surface area contributed by atoms with Gasteiger partial charge in [-0.2, -0.15) is 0 Å². The average Bonchev–Trinajstić information content (AvgIpc) is 2.59. The lowest BCUT2D eigenvalue weighted by Crippen LogP contribution is -2.23. The molecule has 0 atom stereocenters. The third-order valence-corrected chi connectivity index (χ3v) is 4.56. The van der Waals surface area contributed by atoms with E-state index in [9.17, 15) is 13.2 Å². The van der Waals surface area contributed by atoms with E-state index < -0.39 is 15.9 Å². The molecule has 7 nitrogen and oxygen atoms in total. The summed E-state index contributed by atoms with van der Waals surface area (Å²) < 4.78 is 37.2. The maximum Gasteiger partial charge on any atom is 0.255 e. The number of hydrogen-bond acceptors (Lipinski definition) is 5. The van der Waals surface area contributed by atoms with E-state index >= 15 is 0 Å². The van der Waals surface area contributed by atoms with Crippen LogP contribution in [0.4, 0.5) is 0 Å². The maximum absolute atomic E-state index is 12.3. The summed E-state index contributed by atoms with van der Waals surface area (Å²) >= 11 is 0. The van der Waals surface area contributed by atoms with Gasteiger partial charge in [0.25, 0.3) is 5.91 Å². The summed E-state index contributed by atoms with van der Waals surface area (Å²) in [6.07, 6.45) is 0. The highest BCUT2D eigenvalue weighted by atomic mass is 32.2. The van der Waals surface area contributed by atoms with Gasteiger partial charge in [0.05, 0.1) is 12.0 Å². The van der Waals surface area contributed by atoms with Crippen molar-refractivity contribution >= 4 is 15.9 Å². The van der Waals surface area contributed by atoms with Gasteiger partial charge in [0.2, 0.25) is 10.0 Å². The summed E-state index contributed by atoms with van der Waals surface area (Å²) in [6.45, 7) is -0.103. The minimum absolute atomic E-state index is 0.0995. The molecule has 24 heavy (non-hydrogen) atoms. The second-order valence-electron chi connectivity index (χ2n) is 4.90. The molecule has 8 heteroatoms. The number of benzene rings is 2. The van der Waals surface area contributed by atoms with E-state index in [0.717, 1.165) is 5.56 Å². The first kappa shape index (κ1) is 17.8. The Bertz CT molecular complexity index is 786. The number of carbonyl (C=O) groups is 1. The second-order valence-corrected chi connectivity index (χ2v) is 6.67. The molecule has 0 aliphatic carbocycles. The van der Waals surface area contributed by atoms with E-state index in [1.807, 2.05) is 0 Å². The molecule has 0 heterocycles. The number of amides is 1. The molecule has 0 spiro atoms. The molecule has 0 saturated heterocycles. The molecular formula is C16H18N2O5S. The van der Waals surface area contributed by atoms with Crippen molar-refractivity contribution in [2.24, 2.45) is 5.73 Å². The lowest BCUT2D eigenvalue weighted by Gasteiger charge is -2.09. The molecule has 0 radical (unpaired) electrons. The van der Waals surface area contributed by atoms with Gasteiger partial charge in [0, 0.05) is 6.54 Å². The number of carbonyl (C=O) groups excluding carboxylic acids is 1. The maximum atomic E-state index is 12.3. The predicted molar refractivity (Wildman–Crippen MR) is 88.2 cm³/mol. The molecule has 0 fully saturated rings. The molecule has 2 aromatic carbocycles. The van der Waals surface area contributed by atoms with Crippen LogP contribution in [0.5, 0.6) is 11.5 Å². The smallest absolute Gasteiger partial charge is 0.255 e. The number of nitrogens with one attached hydrogen (secondary N) is 1. The first-order valence-corrected chi connectivity index (χ1v) is 8.53. The van der Waals surface area contributed by atoms with E-state index in [1.165, 1.54) is 24.3 Å². The van der Waals surface area contributed by atoms with Crippen molar-refractivity contribution in [2.75, 3.05) is 13.7 Å². The Kier molecular flexibility index (Phi) is 5.78. The quantitative estimate of drug-likeness (QED) is 0.739. The Morgan fingerprint density at radius 2 is 1.62 bits per heavy atom. The number of rotatable bonds is 8. The van der Waals surface area contributed by atoms with E-state index in [4.69, 9.17) is 15.2 Å². The molecule has 2 rings (SSSR count). The highest BCUT2D eigenvalue weighted by molar-refractivity contribution is 7.89. The van der Waals surface area contributed by atoms with E-state index in [0.29, 0.717) is 11.5 Å². The minimum atomic E-state index is -3.65. The molecule has 0 aliphatic heterocycles. The van der Waals surface area contributed by atoms with Gasteiger partial charge in [-0.1, -0.05) is 12.1 Å². The summed E-state index contributed by atoms with van der Waals surface area (Å²) in [7, 11) is -2.09. The van der Waals surface area contributed by atoms with Crippen molar-refractivity contribution in [1.29, 1.82) is 0 Å². The molecule has 0 aliphatic rings. The largest absolute Gasteiger partial charge is 0.497 e. The summed E-state index contributed by atoms with van der Waals surface area (Å²) in [6, 6.07) is 12.8. The Morgan fingerprint density at radius 1 is 1.04 bits per heavy atom. The molecule has 128 valence electrons. The summed E-state index contributed by atoms with van der Waals surface area (Å²) in [4.78, 5) is 10.7. The normalized spacial score (nSPS) is 11.0. The van der Waals surface area contributed by atoms with Gasteiger partial charge in [-0.15, -0.1) is 0 Å². The number of primary amides is 1. The topological polar surface area (TPSA) is 108 Å². The van der Waals surface area contributed by atoms with Gasteiger partial charge in [-0.05, 0) is 42.0 Å². The molecule has 0 saturated carbocycles. The van der Waals surface area contributed by atoms with Crippen LogP contribution in [0.2, 0.25) is 0 Å². The van der Waals surface area contributed by atoms with Gasteiger partial charge in [0.1, 0.15) is 11.5 Å². The monoisotopic (exact) mass is 350 g/mol. The molecule has 1 amide bonds. The van der Waals surface area contributed by atoms with Crippen molar-refractivity contribution in [3.05, 3.63) is 54.1 Å². The van der Waals surface area contributed by atoms with Crippen LogP contribution >= 0.6 is 0 Å². The van der Waals surface area contributed by atoms with Gasteiger partial charge in [-0.25, -0.2) is 13.1 Å². The number of ether oxygens (including phenoxy) is 2. The van der Waals surface area contributed by atoms with Crippen LogP contribution in [-0.4, -0.2) is 28.0 Å². The first-order chi connectivity index (χ1) is 11.4. The van der Waals surface area contributed by atoms with E-state index in [1.54, 1.807) is 31.4 Å². The number of sulfonamides is 1. The van der Waals surface area contributed by atoms with Crippen molar-refractivity contribution < 1.29 is 22.7 Å². The van der Waals surface area contributed by atoms with Crippen LogP contribution < -0.4 is 19.9 Å². The van der Waals surface area contributed by atoms with Crippen molar-refractivity contribution in [3.63, 3.8) is 0 Å². The van der Waals surface area contributed by atoms with Gasteiger partial charge < -0.3 is 15.2 Å². The molecule has 2 aromatic rings. The highest BCUT2D eigenvalue weighted by Crippen LogP contribution is 2.17. The van der Waals surface area contributed by atoms with Crippen LogP contribution in [0.25, 0.3) is 0 Å². The third-order valence-electron chi connectivity index (χ3n) is 3.14. The van der Waals surface area contributed by atoms with Crippen LogP contribution in [-0.2, 0) is 21.4 Å². The average molecular weight is 350 g/mol. The SMILES string of the molecule is COc1ccc(CNS(=O)(=O)c2ccc(OCC(N)=O)cc2)cc1. The lowest BCUT2D eigenvalue weighted by molar-refractivity contribution is -0.119. The van der Waals surface area contributed by atoms with Crippen molar-refractivity contribution in [1.82, 2.24) is 4.72 Å². The Morgan fingerprint density at radius 3 is 2.17 bits per heavy atom. The fourth-order valence-electron chi connectivity index (χ4n) is 1.87. The molecular weight excluding hydrogens is 332 g/mol. The van der Waals surface area contributed by atoms with Crippen LogP contribution in [0, 0.1) is 0 Å². The van der Waals surface area contributed by atoms with E-state index in [-0.39, 0.29) is 18.0 Å².